The predicted octanol–water partition coefficient (Wildman–Crippen LogP) is 9.52. The molecule has 2 aromatic rings. The van der Waals surface area contributed by atoms with Gasteiger partial charge in [0.2, 0.25) is 0 Å². The molecule has 3 amide bonds. The number of likely N-dealkylation sites (N-methyl/N-ethyl adjacent to an activating group) is 1. The second kappa shape index (κ2) is 29.5. The highest BCUT2D eigenvalue weighted by atomic mass is 35.5. The minimum absolute atomic E-state index is 0.0548. The van der Waals surface area contributed by atoms with E-state index in [1.807, 2.05) is 66.7 Å². The minimum Gasteiger partial charge on any atom is -0.493 e. The van der Waals surface area contributed by atoms with Gasteiger partial charge in [0, 0.05) is 108 Å². The number of halogens is 2. The zero-order chi connectivity index (χ0) is 64.2. The third-order valence-corrected chi connectivity index (χ3v) is 20.9. The molecule has 88 heavy (non-hydrogen) atoms. The SMILES string of the molecule is CC[C@H]1OC(=O)[C@H](C)[C@@H](O[C@@H]2C[C@@H](C)[C@H](O)[C@](C)(OC)C2)[C@H](C)[C@@H](O[C@@H]2O[C@H](C)C[C@H](N(C)C(=O)N3CCOCC3)[C@H]2O)[C@](C)(OC)C[C@@H](C)C(=O)[C@H](C)[C@H]2N(CCCN(Cc3c(Cl)cncc3Cl)c3ccc(OC)c(OC4CCCC4)c3)C(=O)O[C@]12C. The third kappa shape index (κ3) is 14.9. The lowest BCUT2D eigenvalue weighted by Crippen LogP contribution is -2.62. The molecular weight excluding hydrogens is 1180 g/mol. The fourth-order valence-electron chi connectivity index (χ4n) is 15.1. The average molecular weight is 1280 g/mol. The maximum Gasteiger partial charge on any atom is 0.410 e. The van der Waals surface area contributed by atoms with Gasteiger partial charge in [-0.1, -0.05) is 57.8 Å². The standard InChI is InChI=1S/C65H99Cl2N5O16/c1-15-52-65(10)56(72(62(78)88-65)24-18-23-71(36-46-47(66)34-68-35-48(46)67)43-21-22-50(79-12)51(31-43)84-44-19-16-17-20-44)40(5)53(73)38(3)32-64(9,81-14)58(87-60-54(74)49(30-39(4)83-60)69(11)61(77)70-25-27-82-28-26-70)41(6)55(42(7)59(76)86-52)85-45-29-37(2)57(75)63(8,33-45)80-13/h21-22,31,34-35,37-42,44-45,49,52,54-58,60,74-75H,15-20,23-30,32-33,36H2,1-14H3/t37-,38-,39-,40+,41+,42-,45-,49+,52-,54-,55+,56-,57+,58-,60+,63-,64-,65-/m1/s1. The van der Waals surface area contributed by atoms with E-state index in [4.69, 9.17) is 70.6 Å². The quantitative estimate of drug-likeness (QED) is 0.132. The molecule has 8 rings (SSSR count). The summed E-state index contributed by atoms with van der Waals surface area (Å²) in [6.45, 7) is 20.7. The summed E-state index contributed by atoms with van der Waals surface area (Å²) in [6.07, 6.45) is 0.594. The van der Waals surface area contributed by atoms with Gasteiger partial charge in [0.25, 0.3) is 0 Å². The Morgan fingerprint density at radius 2 is 1.53 bits per heavy atom. The highest BCUT2D eigenvalue weighted by Crippen LogP contribution is 2.46. The van der Waals surface area contributed by atoms with Crippen molar-refractivity contribution in [3.63, 3.8) is 0 Å². The normalized spacial score (nSPS) is 36.3. The van der Waals surface area contributed by atoms with E-state index in [0.29, 0.717) is 79.2 Å². The number of aromatic nitrogens is 1. The van der Waals surface area contributed by atoms with Gasteiger partial charge in [0.1, 0.15) is 18.0 Å². The number of pyridine rings is 1. The number of hydrogen-bond acceptors (Lipinski definition) is 18. The van der Waals surface area contributed by atoms with Crippen LogP contribution in [0.15, 0.2) is 30.6 Å². The van der Waals surface area contributed by atoms with E-state index >= 15 is 9.59 Å². The van der Waals surface area contributed by atoms with Crippen molar-refractivity contribution < 1.29 is 76.8 Å². The Kier molecular flexibility index (Phi) is 23.4. The number of nitrogens with zero attached hydrogens (tertiary/aromatic N) is 5. The fourth-order valence-corrected chi connectivity index (χ4v) is 15.5. The van der Waals surface area contributed by atoms with Crippen LogP contribution in [0.25, 0.3) is 0 Å². The fraction of sp³-hybridized carbons (Fsp3) is 0.769. The van der Waals surface area contributed by atoms with Gasteiger partial charge in [-0.2, -0.15) is 0 Å². The first-order valence-corrected chi connectivity index (χ1v) is 32.6. The number of methoxy groups -OCH3 is 3. The number of aliphatic hydroxyl groups excluding tert-OH is 2. The molecule has 4 aliphatic heterocycles. The number of carbonyl (C=O) groups excluding carboxylic acids is 4. The zero-order valence-electron chi connectivity index (χ0n) is 54.2. The molecule has 2 saturated carbocycles. The number of rotatable bonds is 18. The van der Waals surface area contributed by atoms with Gasteiger partial charge in [-0.25, -0.2) is 9.59 Å². The number of anilines is 1. The van der Waals surface area contributed by atoms with Gasteiger partial charge < -0.3 is 77.2 Å². The number of cyclic esters (lactones) is 1. The first-order valence-electron chi connectivity index (χ1n) is 31.9. The third-order valence-electron chi connectivity index (χ3n) is 20.2. The van der Waals surface area contributed by atoms with Crippen LogP contribution >= 0.6 is 23.2 Å². The highest BCUT2D eigenvalue weighted by molar-refractivity contribution is 6.35. The lowest BCUT2D eigenvalue weighted by atomic mass is 9.72. The number of fused-ring (bicyclic) bond motifs is 1. The molecule has 1 aromatic heterocycles. The number of hydrogen-bond donors (Lipinski definition) is 2. The number of carbonyl (C=O) groups is 4. The zero-order valence-corrected chi connectivity index (χ0v) is 55.8. The maximum atomic E-state index is 15.6. The van der Waals surface area contributed by atoms with Crippen molar-refractivity contribution in [1.29, 1.82) is 0 Å². The number of esters is 1. The first-order chi connectivity index (χ1) is 41.7. The van der Waals surface area contributed by atoms with Gasteiger partial charge in [-0.15, -0.1) is 0 Å². The van der Waals surface area contributed by atoms with Gasteiger partial charge in [0.15, 0.2) is 23.4 Å². The molecular formula is C65H99Cl2N5O16. The van der Waals surface area contributed by atoms with Crippen LogP contribution in [0, 0.1) is 29.6 Å². The Hall–Kier alpha value is -4.29. The molecule has 4 saturated heterocycles. The molecule has 0 spiro atoms. The van der Waals surface area contributed by atoms with Gasteiger partial charge >= 0.3 is 18.1 Å². The number of aliphatic hydroxyl groups is 2. The number of ketones is 1. The number of morpholine rings is 1. The van der Waals surface area contributed by atoms with Crippen LogP contribution in [0.1, 0.15) is 139 Å². The molecule has 0 radical (unpaired) electrons. The van der Waals surface area contributed by atoms with Crippen LogP contribution < -0.4 is 14.4 Å². The van der Waals surface area contributed by atoms with Crippen LogP contribution in [0.5, 0.6) is 11.5 Å². The van der Waals surface area contributed by atoms with Gasteiger partial charge in [0.05, 0.1) is 96.2 Å². The molecule has 5 heterocycles. The van der Waals surface area contributed by atoms with Crippen molar-refractivity contribution in [3.8, 4) is 11.5 Å². The Balaban J connectivity index is 1.15. The molecule has 0 bridgehead atoms. The average Bonchev–Trinajstić information content (AvgIpc) is 2.05. The molecule has 0 unspecified atom stereocenters. The summed E-state index contributed by atoms with van der Waals surface area (Å²) >= 11 is 13.6. The molecule has 18 atom stereocenters. The summed E-state index contributed by atoms with van der Waals surface area (Å²) in [7, 11) is 6.37. The maximum absolute atomic E-state index is 15.6. The summed E-state index contributed by atoms with van der Waals surface area (Å²) in [4.78, 5) is 71.0. The second-order valence-electron chi connectivity index (χ2n) is 26.5. The summed E-state index contributed by atoms with van der Waals surface area (Å²) < 4.78 is 64.5. The summed E-state index contributed by atoms with van der Waals surface area (Å²) in [6, 6.07) is 3.84. The smallest absolute Gasteiger partial charge is 0.410 e. The number of ether oxygens (including phenoxy) is 10. The minimum atomic E-state index is -1.54. The van der Waals surface area contributed by atoms with Crippen molar-refractivity contribution >= 4 is 52.8 Å². The molecule has 21 nitrogen and oxygen atoms in total. The second-order valence-corrected chi connectivity index (χ2v) is 27.3. The topological polar surface area (TPSA) is 227 Å². The van der Waals surface area contributed by atoms with E-state index in [2.05, 4.69) is 9.88 Å². The Bertz CT molecular complexity index is 2690. The van der Waals surface area contributed by atoms with Crippen LogP contribution in [-0.4, -0.2) is 206 Å². The Labute approximate surface area is 530 Å². The van der Waals surface area contributed by atoms with Crippen LogP contribution in [-0.2, 0) is 54.0 Å². The van der Waals surface area contributed by atoms with Crippen LogP contribution in [0.2, 0.25) is 10.0 Å². The lowest BCUT2D eigenvalue weighted by Gasteiger charge is -2.50. The van der Waals surface area contributed by atoms with Crippen molar-refractivity contribution in [2.24, 2.45) is 29.6 Å². The first kappa shape index (κ1) is 69.6. The van der Waals surface area contributed by atoms with E-state index in [0.717, 1.165) is 31.4 Å². The molecule has 1 aromatic carbocycles. The van der Waals surface area contributed by atoms with Crippen LogP contribution in [0.4, 0.5) is 15.3 Å². The van der Waals surface area contributed by atoms with E-state index in [1.54, 1.807) is 69.1 Å². The predicted molar refractivity (Wildman–Crippen MR) is 331 cm³/mol. The van der Waals surface area contributed by atoms with Crippen LogP contribution in [0.3, 0.4) is 0 Å². The van der Waals surface area contributed by atoms with Crippen molar-refractivity contribution in [3.05, 3.63) is 46.2 Å². The summed E-state index contributed by atoms with van der Waals surface area (Å²) in [5, 5.41) is 24.6. The number of Topliss-reactive ketones (excluding diaryl/α,β-unsaturated/α-hetero) is 1. The molecule has 2 aliphatic carbocycles. The number of urea groups is 1. The monoisotopic (exact) mass is 1280 g/mol. The molecule has 2 N–H and O–H groups in total. The highest BCUT2D eigenvalue weighted by Gasteiger charge is 2.61. The van der Waals surface area contributed by atoms with E-state index < -0.39 is 114 Å². The van der Waals surface area contributed by atoms with E-state index in [9.17, 15) is 19.8 Å². The summed E-state index contributed by atoms with van der Waals surface area (Å²) in [5.41, 5.74) is -2.45. The Morgan fingerprint density at radius 1 is 0.864 bits per heavy atom. The largest absolute Gasteiger partial charge is 0.493 e. The van der Waals surface area contributed by atoms with E-state index in [1.165, 1.54) is 7.11 Å². The van der Waals surface area contributed by atoms with Crippen molar-refractivity contribution in [2.75, 3.05) is 72.7 Å². The van der Waals surface area contributed by atoms with E-state index in [-0.39, 0.29) is 56.2 Å². The molecule has 494 valence electrons. The molecule has 6 fully saturated rings. The van der Waals surface area contributed by atoms with Gasteiger partial charge in [-0.3, -0.25) is 14.6 Å². The van der Waals surface area contributed by atoms with Crippen molar-refractivity contribution in [1.82, 2.24) is 19.7 Å². The summed E-state index contributed by atoms with van der Waals surface area (Å²) in [5.74, 6) is -3.36. The lowest BCUT2D eigenvalue weighted by molar-refractivity contribution is -0.303. The molecule has 23 heteroatoms. The van der Waals surface area contributed by atoms with Gasteiger partial charge in [-0.05, 0) is 110 Å². The molecule has 6 aliphatic rings. The number of benzene rings is 1. The number of amides is 3. The van der Waals surface area contributed by atoms with Crippen molar-refractivity contribution in [2.45, 2.75) is 224 Å². The Morgan fingerprint density at radius 3 is 2.17 bits per heavy atom.